The molecule has 0 aromatic carbocycles. The van der Waals surface area contributed by atoms with Gasteiger partial charge in [0.25, 0.3) is 0 Å². The smallest absolute Gasteiger partial charge is 0.0541 e. The van der Waals surface area contributed by atoms with Gasteiger partial charge < -0.3 is 10.4 Å². The predicted octanol–water partition coefficient (Wildman–Crippen LogP) is 2.57. The lowest BCUT2D eigenvalue weighted by Gasteiger charge is -2.29. The molecule has 1 saturated carbocycles. The number of rotatable bonds is 4. The molecule has 90 valence electrons. The fraction of sp³-hybridized carbons (Fsp3) is 0.692. The summed E-state index contributed by atoms with van der Waals surface area (Å²) in [5, 5.41) is 15.3. The van der Waals surface area contributed by atoms with Crippen LogP contribution >= 0.6 is 11.3 Å². The van der Waals surface area contributed by atoms with Crippen LogP contribution in [0.2, 0.25) is 0 Å². The number of hydrogen-bond donors (Lipinski definition) is 2. The first-order chi connectivity index (χ1) is 7.74. The number of hydrogen-bond acceptors (Lipinski definition) is 3. The van der Waals surface area contributed by atoms with Gasteiger partial charge in [0.1, 0.15) is 0 Å². The summed E-state index contributed by atoms with van der Waals surface area (Å²) < 4.78 is 0. The minimum atomic E-state index is -0.0503. The third-order valence-electron chi connectivity index (χ3n) is 3.30. The predicted molar refractivity (Wildman–Crippen MR) is 68.9 cm³/mol. The van der Waals surface area contributed by atoms with Crippen LogP contribution in [-0.4, -0.2) is 23.3 Å². The average molecular weight is 239 g/mol. The molecule has 1 aromatic heterocycles. The third kappa shape index (κ3) is 3.58. The van der Waals surface area contributed by atoms with Gasteiger partial charge >= 0.3 is 0 Å². The Morgan fingerprint density at radius 1 is 1.44 bits per heavy atom. The zero-order valence-electron chi connectivity index (χ0n) is 9.86. The summed E-state index contributed by atoms with van der Waals surface area (Å²) in [5.74, 6) is 0. The van der Waals surface area contributed by atoms with Gasteiger partial charge in [-0.05, 0) is 50.5 Å². The van der Waals surface area contributed by atoms with E-state index in [1.807, 2.05) is 11.3 Å². The zero-order valence-corrected chi connectivity index (χ0v) is 10.7. The Morgan fingerprint density at radius 2 is 2.19 bits per heavy atom. The van der Waals surface area contributed by atoms with E-state index in [2.05, 4.69) is 29.8 Å². The quantitative estimate of drug-likeness (QED) is 0.846. The van der Waals surface area contributed by atoms with Gasteiger partial charge in [0.2, 0.25) is 0 Å². The molecule has 0 radical (unpaired) electrons. The maximum absolute atomic E-state index is 9.44. The normalized spacial score (nSPS) is 27.9. The summed E-state index contributed by atoms with van der Waals surface area (Å²) in [4.78, 5) is 1.45. The van der Waals surface area contributed by atoms with Gasteiger partial charge in [-0.1, -0.05) is 6.07 Å². The van der Waals surface area contributed by atoms with Gasteiger partial charge in [0.05, 0.1) is 6.10 Å². The van der Waals surface area contributed by atoms with Crippen LogP contribution < -0.4 is 5.32 Å². The van der Waals surface area contributed by atoms with E-state index in [0.717, 1.165) is 32.1 Å². The molecule has 1 aliphatic carbocycles. The molecular weight excluding hydrogens is 218 g/mol. The first kappa shape index (κ1) is 12.1. The lowest BCUT2D eigenvalue weighted by Crippen LogP contribution is -2.40. The summed E-state index contributed by atoms with van der Waals surface area (Å²) in [6.07, 6.45) is 5.24. The second kappa shape index (κ2) is 5.80. The van der Waals surface area contributed by atoms with E-state index < -0.39 is 0 Å². The molecule has 1 unspecified atom stereocenters. The van der Waals surface area contributed by atoms with Crippen molar-refractivity contribution in [2.24, 2.45) is 0 Å². The van der Waals surface area contributed by atoms with Crippen molar-refractivity contribution in [1.29, 1.82) is 0 Å². The van der Waals surface area contributed by atoms with E-state index >= 15 is 0 Å². The molecule has 2 nitrogen and oxygen atoms in total. The van der Waals surface area contributed by atoms with Crippen molar-refractivity contribution in [1.82, 2.24) is 5.32 Å². The highest BCUT2D eigenvalue weighted by Crippen LogP contribution is 2.19. The Morgan fingerprint density at radius 3 is 2.81 bits per heavy atom. The number of thiophene rings is 1. The third-order valence-corrected chi connectivity index (χ3v) is 4.20. The van der Waals surface area contributed by atoms with Crippen molar-refractivity contribution in [3.63, 3.8) is 0 Å². The van der Waals surface area contributed by atoms with Gasteiger partial charge in [-0.25, -0.2) is 0 Å². The van der Waals surface area contributed by atoms with Gasteiger partial charge in [-0.2, -0.15) is 0 Å². The molecule has 1 atom stereocenters. The number of aliphatic hydroxyl groups excluding tert-OH is 1. The molecule has 2 N–H and O–H groups in total. The highest BCUT2D eigenvalue weighted by atomic mass is 32.1. The van der Waals surface area contributed by atoms with Crippen molar-refractivity contribution in [2.45, 2.75) is 57.2 Å². The molecule has 0 amide bonds. The fourth-order valence-electron chi connectivity index (χ4n) is 2.43. The first-order valence-corrected chi connectivity index (χ1v) is 7.08. The highest BCUT2D eigenvalue weighted by Gasteiger charge is 2.20. The largest absolute Gasteiger partial charge is 0.393 e. The monoisotopic (exact) mass is 239 g/mol. The Bertz CT molecular complexity index is 291. The molecule has 0 aliphatic heterocycles. The van der Waals surface area contributed by atoms with Gasteiger partial charge in [-0.3, -0.25) is 0 Å². The van der Waals surface area contributed by atoms with E-state index in [1.54, 1.807) is 0 Å². The van der Waals surface area contributed by atoms with Crippen molar-refractivity contribution < 1.29 is 5.11 Å². The zero-order chi connectivity index (χ0) is 11.4. The van der Waals surface area contributed by atoms with Crippen LogP contribution in [0.15, 0.2) is 17.5 Å². The van der Waals surface area contributed by atoms with Gasteiger partial charge in [0.15, 0.2) is 0 Å². The molecule has 1 fully saturated rings. The highest BCUT2D eigenvalue weighted by molar-refractivity contribution is 7.09. The van der Waals surface area contributed by atoms with Crippen molar-refractivity contribution in [3.8, 4) is 0 Å². The van der Waals surface area contributed by atoms with Crippen LogP contribution in [0.25, 0.3) is 0 Å². The number of aliphatic hydroxyl groups is 1. The molecule has 2 rings (SSSR count). The lowest BCUT2D eigenvalue weighted by atomic mass is 9.92. The van der Waals surface area contributed by atoms with Crippen LogP contribution in [0.1, 0.15) is 37.5 Å². The van der Waals surface area contributed by atoms with E-state index in [1.165, 1.54) is 4.88 Å². The lowest BCUT2D eigenvalue weighted by molar-refractivity contribution is 0.114. The van der Waals surface area contributed by atoms with Crippen LogP contribution in [0.4, 0.5) is 0 Å². The van der Waals surface area contributed by atoms with Crippen molar-refractivity contribution in [2.75, 3.05) is 0 Å². The molecule has 0 bridgehead atoms. The summed E-state index contributed by atoms with van der Waals surface area (Å²) >= 11 is 1.83. The Balaban J connectivity index is 1.72. The van der Waals surface area contributed by atoms with Crippen LogP contribution in [0, 0.1) is 0 Å². The minimum absolute atomic E-state index is 0.0503. The van der Waals surface area contributed by atoms with Gasteiger partial charge in [0, 0.05) is 17.0 Å². The van der Waals surface area contributed by atoms with E-state index in [4.69, 9.17) is 0 Å². The maximum Gasteiger partial charge on any atom is 0.0541 e. The average Bonchev–Trinajstić information content (AvgIpc) is 2.74. The molecule has 16 heavy (non-hydrogen) atoms. The molecular formula is C13H21NOS. The molecule has 1 heterocycles. The summed E-state index contributed by atoms with van der Waals surface area (Å²) in [7, 11) is 0. The van der Waals surface area contributed by atoms with Crippen LogP contribution in [0.5, 0.6) is 0 Å². The van der Waals surface area contributed by atoms with Crippen molar-refractivity contribution in [3.05, 3.63) is 22.4 Å². The summed E-state index contributed by atoms with van der Waals surface area (Å²) in [5.41, 5.74) is 0. The van der Waals surface area contributed by atoms with E-state index in [9.17, 15) is 5.11 Å². The Hall–Kier alpha value is -0.380. The van der Waals surface area contributed by atoms with Crippen molar-refractivity contribution >= 4 is 11.3 Å². The van der Waals surface area contributed by atoms with E-state index in [-0.39, 0.29) is 6.10 Å². The Kier molecular flexibility index (Phi) is 4.38. The molecule has 0 saturated heterocycles. The second-order valence-corrected chi connectivity index (χ2v) is 5.89. The van der Waals surface area contributed by atoms with Crippen LogP contribution in [0.3, 0.4) is 0 Å². The summed E-state index contributed by atoms with van der Waals surface area (Å²) in [6, 6.07) is 5.47. The first-order valence-electron chi connectivity index (χ1n) is 6.20. The standard InChI is InChI=1S/C13H21NOS/c1-10(9-13-3-2-8-16-13)14-11-4-6-12(15)7-5-11/h2-3,8,10-12,14-15H,4-7,9H2,1H3. The minimum Gasteiger partial charge on any atom is -0.393 e. The molecule has 0 spiro atoms. The Labute approximate surface area is 102 Å². The topological polar surface area (TPSA) is 32.3 Å². The van der Waals surface area contributed by atoms with Crippen LogP contribution in [-0.2, 0) is 6.42 Å². The fourth-order valence-corrected chi connectivity index (χ4v) is 3.27. The summed E-state index contributed by atoms with van der Waals surface area (Å²) in [6.45, 7) is 2.25. The van der Waals surface area contributed by atoms with Gasteiger partial charge in [-0.15, -0.1) is 11.3 Å². The molecule has 3 heteroatoms. The van der Waals surface area contributed by atoms with E-state index in [0.29, 0.717) is 12.1 Å². The second-order valence-electron chi connectivity index (χ2n) is 4.86. The maximum atomic E-state index is 9.44. The number of nitrogens with one attached hydrogen (secondary N) is 1. The molecule has 1 aliphatic rings. The molecule has 1 aromatic rings. The SMILES string of the molecule is CC(Cc1cccs1)NC1CCC(O)CC1.